The Hall–Kier alpha value is -0.300. The van der Waals surface area contributed by atoms with Gasteiger partial charge in [-0.2, -0.15) is 0 Å². The maximum absolute atomic E-state index is 9.28. The van der Waals surface area contributed by atoms with Crippen LogP contribution in [-0.2, 0) is 0 Å². The highest BCUT2D eigenvalue weighted by molar-refractivity contribution is 5.34. The van der Waals surface area contributed by atoms with Gasteiger partial charge in [-0.05, 0) is 59.8 Å². The Bertz CT molecular complexity index is 330. The lowest BCUT2D eigenvalue weighted by Gasteiger charge is -2.35. The van der Waals surface area contributed by atoms with Gasteiger partial charge in [-0.1, -0.05) is 26.8 Å². The Morgan fingerprint density at radius 2 is 2.19 bits per heavy atom. The van der Waals surface area contributed by atoms with Crippen LogP contribution in [0.3, 0.4) is 0 Å². The van der Waals surface area contributed by atoms with Crippen molar-refractivity contribution in [3.8, 4) is 0 Å². The molecule has 0 unspecified atom stereocenters. The standard InChI is InChI=1S/C15H24O/c1-9(2)12-5-4-10(3)15-7-11(8-16)6-13(15)14(12)15/h6,9-10,12-14,16H,4-5,7-8H2,1-3H3/t10-,12+,13+,14-,15-/m1/s1. The summed E-state index contributed by atoms with van der Waals surface area (Å²) in [6.45, 7) is 7.51. The van der Waals surface area contributed by atoms with E-state index in [9.17, 15) is 5.11 Å². The predicted molar refractivity (Wildman–Crippen MR) is 65.9 cm³/mol. The fraction of sp³-hybridized carbons (Fsp3) is 0.867. The van der Waals surface area contributed by atoms with Gasteiger partial charge in [0.1, 0.15) is 0 Å². The summed E-state index contributed by atoms with van der Waals surface area (Å²) < 4.78 is 0. The van der Waals surface area contributed by atoms with E-state index in [1.807, 2.05) is 0 Å². The quantitative estimate of drug-likeness (QED) is 0.708. The molecule has 1 heteroatoms. The third-order valence-electron chi connectivity index (χ3n) is 5.84. The van der Waals surface area contributed by atoms with Gasteiger partial charge in [-0.25, -0.2) is 0 Å². The molecule has 3 aliphatic rings. The highest BCUT2D eigenvalue weighted by atomic mass is 16.3. The monoisotopic (exact) mass is 220 g/mol. The molecule has 0 amide bonds. The lowest BCUT2D eigenvalue weighted by atomic mass is 9.69. The summed E-state index contributed by atoms with van der Waals surface area (Å²) in [6, 6.07) is 0. The molecule has 3 rings (SSSR count). The Kier molecular flexibility index (Phi) is 2.27. The molecule has 1 N–H and O–H groups in total. The van der Waals surface area contributed by atoms with Crippen LogP contribution in [0.5, 0.6) is 0 Å². The third kappa shape index (κ3) is 1.16. The van der Waals surface area contributed by atoms with Crippen LogP contribution < -0.4 is 0 Å². The molecular weight excluding hydrogens is 196 g/mol. The summed E-state index contributed by atoms with van der Waals surface area (Å²) in [4.78, 5) is 0. The fourth-order valence-electron chi connectivity index (χ4n) is 4.97. The van der Waals surface area contributed by atoms with Crippen LogP contribution in [0.25, 0.3) is 0 Å². The molecular formula is C15H24O. The van der Waals surface area contributed by atoms with Crippen molar-refractivity contribution in [3.63, 3.8) is 0 Å². The van der Waals surface area contributed by atoms with Crippen molar-refractivity contribution in [2.24, 2.45) is 35.0 Å². The van der Waals surface area contributed by atoms with Crippen molar-refractivity contribution in [2.45, 2.75) is 40.0 Å². The molecule has 0 aromatic rings. The molecule has 0 heterocycles. The molecule has 5 atom stereocenters. The molecule has 0 aromatic carbocycles. The molecule has 3 aliphatic carbocycles. The zero-order chi connectivity index (χ0) is 11.5. The summed E-state index contributed by atoms with van der Waals surface area (Å²) >= 11 is 0. The minimum atomic E-state index is 0.296. The molecule has 0 bridgehead atoms. The highest BCUT2D eigenvalue weighted by Gasteiger charge is 2.71. The zero-order valence-corrected chi connectivity index (χ0v) is 10.7. The van der Waals surface area contributed by atoms with Crippen molar-refractivity contribution < 1.29 is 5.11 Å². The average molecular weight is 220 g/mol. The van der Waals surface area contributed by atoms with Gasteiger partial charge < -0.3 is 5.11 Å². The van der Waals surface area contributed by atoms with Crippen molar-refractivity contribution in [1.82, 2.24) is 0 Å². The molecule has 0 aromatic heterocycles. The molecule has 2 saturated carbocycles. The van der Waals surface area contributed by atoms with Crippen molar-refractivity contribution >= 4 is 0 Å². The number of hydrogen-bond acceptors (Lipinski definition) is 1. The molecule has 2 fully saturated rings. The van der Waals surface area contributed by atoms with Crippen LogP contribution in [0.2, 0.25) is 0 Å². The van der Waals surface area contributed by atoms with Crippen LogP contribution >= 0.6 is 0 Å². The third-order valence-corrected chi connectivity index (χ3v) is 5.84. The Labute approximate surface area is 98.9 Å². The lowest BCUT2D eigenvalue weighted by molar-refractivity contribution is 0.144. The topological polar surface area (TPSA) is 20.2 Å². The largest absolute Gasteiger partial charge is 0.392 e. The number of fused-ring (bicyclic) bond motifs is 1. The van der Waals surface area contributed by atoms with E-state index < -0.39 is 0 Å². The van der Waals surface area contributed by atoms with Gasteiger partial charge in [0.05, 0.1) is 6.61 Å². The molecule has 0 saturated heterocycles. The van der Waals surface area contributed by atoms with Gasteiger partial charge in [0, 0.05) is 0 Å². The van der Waals surface area contributed by atoms with Crippen molar-refractivity contribution in [2.75, 3.05) is 6.61 Å². The maximum Gasteiger partial charge on any atom is 0.0642 e. The Morgan fingerprint density at radius 3 is 2.81 bits per heavy atom. The van der Waals surface area contributed by atoms with E-state index in [2.05, 4.69) is 26.8 Å². The van der Waals surface area contributed by atoms with Gasteiger partial charge in [0.25, 0.3) is 0 Å². The molecule has 0 aliphatic heterocycles. The second-order valence-corrected chi connectivity index (χ2v) is 6.71. The first-order chi connectivity index (χ1) is 7.61. The minimum Gasteiger partial charge on any atom is -0.392 e. The summed E-state index contributed by atoms with van der Waals surface area (Å²) in [5.41, 5.74) is 1.91. The predicted octanol–water partition coefficient (Wildman–Crippen LogP) is 3.24. The van der Waals surface area contributed by atoms with Crippen LogP contribution in [0.1, 0.15) is 40.0 Å². The van der Waals surface area contributed by atoms with Crippen LogP contribution in [0, 0.1) is 35.0 Å². The summed E-state index contributed by atoms with van der Waals surface area (Å²) in [5, 5.41) is 9.28. The maximum atomic E-state index is 9.28. The van der Waals surface area contributed by atoms with E-state index in [4.69, 9.17) is 0 Å². The average Bonchev–Trinajstić information content (AvgIpc) is 2.73. The normalized spacial score (nSPS) is 49.9. The van der Waals surface area contributed by atoms with Crippen molar-refractivity contribution in [1.29, 1.82) is 0 Å². The smallest absolute Gasteiger partial charge is 0.0642 e. The number of aliphatic hydroxyl groups is 1. The SMILES string of the molecule is CC(C)[C@@H]1CC[C@@H](C)[C@]23CC(CO)=C[C@H]2[C@@H]13. The van der Waals surface area contributed by atoms with Crippen LogP contribution in [0.4, 0.5) is 0 Å². The number of aliphatic hydroxyl groups excluding tert-OH is 1. The van der Waals surface area contributed by atoms with E-state index in [-0.39, 0.29) is 0 Å². The first kappa shape index (κ1) is 10.8. The first-order valence-corrected chi connectivity index (χ1v) is 6.91. The first-order valence-electron chi connectivity index (χ1n) is 6.91. The molecule has 0 radical (unpaired) electrons. The van der Waals surface area contributed by atoms with E-state index in [1.165, 1.54) is 24.8 Å². The number of rotatable bonds is 2. The van der Waals surface area contributed by atoms with E-state index in [1.54, 1.807) is 0 Å². The van der Waals surface area contributed by atoms with E-state index >= 15 is 0 Å². The van der Waals surface area contributed by atoms with Gasteiger partial charge in [0.2, 0.25) is 0 Å². The van der Waals surface area contributed by atoms with Crippen molar-refractivity contribution in [3.05, 3.63) is 11.6 Å². The zero-order valence-electron chi connectivity index (χ0n) is 10.7. The van der Waals surface area contributed by atoms with Gasteiger partial charge >= 0.3 is 0 Å². The van der Waals surface area contributed by atoms with Gasteiger partial charge in [0.15, 0.2) is 0 Å². The van der Waals surface area contributed by atoms with E-state index in [0.717, 1.165) is 29.6 Å². The fourth-order valence-corrected chi connectivity index (χ4v) is 4.97. The summed E-state index contributed by atoms with van der Waals surface area (Å²) in [5.74, 6) is 4.42. The number of hydrogen-bond donors (Lipinski definition) is 1. The summed E-state index contributed by atoms with van der Waals surface area (Å²) in [6.07, 6.45) is 6.46. The van der Waals surface area contributed by atoms with Gasteiger partial charge in [-0.3, -0.25) is 0 Å². The molecule has 1 spiro atoms. The number of allylic oxidation sites excluding steroid dienone is 1. The second kappa shape index (κ2) is 3.35. The Morgan fingerprint density at radius 1 is 1.44 bits per heavy atom. The lowest BCUT2D eigenvalue weighted by Crippen LogP contribution is -2.28. The highest BCUT2D eigenvalue weighted by Crippen LogP contribution is 2.77. The van der Waals surface area contributed by atoms with Gasteiger partial charge in [-0.15, -0.1) is 0 Å². The van der Waals surface area contributed by atoms with Crippen LogP contribution in [-0.4, -0.2) is 11.7 Å². The minimum absolute atomic E-state index is 0.296. The molecule has 1 nitrogen and oxygen atoms in total. The molecule has 90 valence electrons. The summed E-state index contributed by atoms with van der Waals surface area (Å²) in [7, 11) is 0. The Balaban J connectivity index is 1.86. The van der Waals surface area contributed by atoms with E-state index in [0.29, 0.717) is 12.0 Å². The second-order valence-electron chi connectivity index (χ2n) is 6.71. The van der Waals surface area contributed by atoms with Crippen LogP contribution in [0.15, 0.2) is 11.6 Å². The molecule has 16 heavy (non-hydrogen) atoms.